The molecule has 0 aliphatic carbocycles. The molecule has 1 atom stereocenters. The molecule has 0 fully saturated rings. The Hall–Kier alpha value is -1.20. The van der Waals surface area contributed by atoms with Crippen LogP contribution >= 0.6 is 0 Å². The molecule has 0 spiro atoms. The van der Waals surface area contributed by atoms with E-state index in [1.54, 1.807) is 0 Å². The summed E-state index contributed by atoms with van der Waals surface area (Å²) in [6.07, 6.45) is 0.263. The van der Waals surface area contributed by atoms with Gasteiger partial charge >= 0.3 is 5.97 Å². The number of rotatable bonds is 9. The first kappa shape index (κ1) is 17.8. The molecule has 0 saturated heterocycles. The Bertz CT molecular complexity index is 537. The molecule has 11 heteroatoms. The van der Waals surface area contributed by atoms with E-state index in [1.165, 1.54) is 0 Å². The van der Waals surface area contributed by atoms with Crippen molar-refractivity contribution in [1.82, 2.24) is 4.72 Å². The van der Waals surface area contributed by atoms with Gasteiger partial charge in [0.1, 0.15) is 15.9 Å². The number of aliphatic carboxylic acids is 1. The average molecular weight is 316 g/mol. The molecular formula is C8H16N2O7S2. The van der Waals surface area contributed by atoms with Crippen LogP contribution in [0.15, 0.2) is 0 Å². The molecule has 4 N–H and O–H groups in total. The molecule has 0 aliphatic rings. The zero-order chi connectivity index (χ0) is 15.3. The largest absolute Gasteiger partial charge is 0.480 e. The van der Waals surface area contributed by atoms with E-state index in [4.69, 9.17) is 10.8 Å². The van der Waals surface area contributed by atoms with Crippen molar-refractivity contribution in [3.05, 3.63) is 0 Å². The highest BCUT2D eigenvalue weighted by molar-refractivity contribution is 7.93. The molecule has 0 radical (unpaired) electrons. The second kappa shape index (κ2) is 6.82. The molecule has 0 aromatic rings. The fourth-order valence-corrected chi connectivity index (χ4v) is 3.91. The highest BCUT2D eigenvalue weighted by Crippen LogP contribution is 2.01. The number of carbonyl (C=O) groups excluding carboxylic acids is 1. The highest BCUT2D eigenvalue weighted by atomic mass is 32.2. The standard InChI is InChI=1S/C8H16N2O7S2/c1-18(14,15)4-5-19(16,17)10-6(8(12)13)2-3-7(9)11/h6,10H,2-5H2,1H3,(H2,9,11)(H,12,13). The number of sulfone groups is 1. The Morgan fingerprint density at radius 3 is 2.11 bits per heavy atom. The molecule has 0 aromatic heterocycles. The summed E-state index contributed by atoms with van der Waals surface area (Å²) >= 11 is 0. The van der Waals surface area contributed by atoms with Gasteiger partial charge in [0.15, 0.2) is 0 Å². The molecule has 1 unspecified atom stereocenters. The van der Waals surface area contributed by atoms with Gasteiger partial charge in [-0.15, -0.1) is 0 Å². The predicted molar refractivity (Wildman–Crippen MR) is 66.5 cm³/mol. The molecule has 19 heavy (non-hydrogen) atoms. The molecule has 0 aromatic carbocycles. The van der Waals surface area contributed by atoms with Crippen molar-refractivity contribution in [2.24, 2.45) is 5.73 Å². The second-order valence-electron chi connectivity index (χ2n) is 3.96. The van der Waals surface area contributed by atoms with Crippen LogP contribution in [-0.4, -0.2) is 57.6 Å². The zero-order valence-electron chi connectivity index (χ0n) is 10.2. The minimum absolute atomic E-state index is 0.300. The van der Waals surface area contributed by atoms with Crippen LogP contribution in [-0.2, 0) is 29.4 Å². The van der Waals surface area contributed by atoms with Gasteiger partial charge in [-0.2, -0.15) is 0 Å². The normalized spacial score (nSPS) is 13.9. The summed E-state index contributed by atoms with van der Waals surface area (Å²) in [4.78, 5) is 21.3. The SMILES string of the molecule is CS(=O)(=O)CCS(=O)(=O)NC(CCC(N)=O)C(=O)O. The average Bonchev–Trinajstić information content (AvgIpc) is 2.20. The van der Waals surface area contributed by atoms with E-state index in [1.807, 2.05) is 4.72 Å². The zero-order valence-corrected chi connectivity index (χ0v) is 11.8. The van der Waals surface area contributed by atoms with Crippen LogP contribution in [0, 0.1) is 0 Å². The van der Waals surface area contributed by atoms with Crippen LogP contribution in [0.1, 0.15) is 12.8 Å². The molecular weight excluding hydrogens is 300 g/mol. The lowest BCUT2D eigenvalue weighted by Crippen LogP contribution is -2.43. The van der Waals surface area contributed by atoms with E-state index >= 15 is 0 Å². The Kier molecular flexibility index (Phi) is 6.39. The fraction of sp³-hybridized carbons (Fsp3) is 0.750. The smallest absolute Gasteiger partial charge is 0.321 e. The van der Waals surface area contributed by atoms with Gasteiger partial charge in [0, 0.05) is 12.7 Å². The second-order valence-corrected chi connectivity index (χ2v) is 8.10. The first-order chi connectivity index (χ1) is 8.43. The van der Waals surface area contributed by atoms with Crippen molar-refractivity contribution < 1.29 is 31.5 Å². The van der Waals surface area contributed by atoms with Gasteiger partial charge < -0.3 is 10.8 Å². The Morgan fingerprint density at radius 1 is 1.21 bits per heavy atom. The topological polar surface area (TPSA) is 161 Å². The van der Waals surface area contributed by atoms with Crippen molar-refractivity contribution >= 4 is 31.7 Å². The number of nitrogens with two attached hydrogens (primary N) is 1. The van der Waals surface area contributed by atoms with Crippen molar-refractivity contribution in [3.8, 4) is 0 Å². The summed E-state index contributed by atoms with van der Waals surface area (Å²) < 4.78 is 46.5. The predicted octanol–water partition coefficient (Wildman–Crippen LogP) is -2.33. The highest BCUT2D eigenvalue weighted by Gasteiger charge is 2.25. The first-order valence-corrected chi connectivity index (χ1v) is 8.83. The number of carboxylic acids is 1. The van der Waals surface area contributed by atoms with E-state index in [9.17, 15) is 26.4 Å². The lowest BCUT2D eigenvalue weighted by Gasteiger charge is -2.13. The Morgan fingerprint density at radius 2 is 1.74 bits per heavy atom. The van der Waals surface area contributed by atoms with Gasteiger partial charge in [0.25, 0.3) is 0 Å². The van der Waals surface area contributed by atoms with Crippen LogP contribution in [0.25, 0.3) is 0 Å². The minimum atomic E-state index is -4.07. The number of sulfonamides is 1. The first-order valence-electron chi connectivity index (χ1n) is 5.12. The number of amides is 1. The van der Waals surface area contributed by atoms with Crippen molar-refractivity contribution in [2.45, 2.75) is 18.9 Å². The van der Waals surface area contributed by atoms with Gasteiger partial charge in [-0.25, -0.2) is 21.6 Å². The number of hydrogen-bond acceptors (Lipinski definition) is 6. The molecule has 0 heterocycles. The van der Waals surface area contributed by atoms with Crippen molar-refractivity contribution in [2.75, 3.05) is 17.8 Å². The van der Waals surface area contributed by atoms with E-state index in [0.29, 0.717) is 0 Å². The summed E-state index contributed by atoms with van der Waals surface area (Å²) in [5, 5.41) is 8.78. The number of carboxylic acid groups (broad SMARTS) is 1. The van der Waals surface area contributed by atoms with Gasteiger partial charge in [0.05, 0.1) is 11.5 Å². The van der Waals surface area contributed by atoms with Crippen LogP contribution in [0.3, 0.4) is 0 Å². The molecule has 1 amide bonds. The maximum Gasteiger partial charge on any atom is 0.321 e. The van der Waals surface area contributed by atoms with Crippen LogP contribution in [0.4, 0.5) is 0 Å². The quantitative estimate of drug-likeness (QED) is 0.429. The lowest BCUT2D eigenvalue weighted by molar-refractivity contribution is -0.139. The third-order valence-corrected chi connectivity index (χ3v) is 4.61. The molecule has 0 saturated carbocycles. The van der Waals surface area contributed by atoms with Gasteiger partial charge in [-0.3, -0.25) is 9.59 Å². The summed E-state index contributed by atoms with van der Waals surface area (Å²) in [6.45, 7) is 0. The van der Waals surface area contributed by atoms with Crippen LogP contribution in [0.2, 0.25) is 0 Å². The summed E-state index contributed by atoms with van der Waals surface area (Å²) in [7, 11) is -7.55. The van der Waals surface area contributed by atoms with Crippen LogP contribution < -0.4 is 10.5 Å². The number of nitrogens with one attached hydrogen (secondary N) is 1. The molecule has 9 nitrogen and oxygen atoms in total. The Balaban J connectivity index is 4.65. The third kappa shape index (κ3) is 9.39. The van der Waals surface area contributed by atoms with Gasteiger partial charge in [0.2, 0.25) is 15.9 Å². The summed E-state index contributed by atoms with van der Waals surface area (Å²) in [5.41, 5.74) is 4.83. The van der Waals surface area contributed by atoms with Crippen LogP contribution in [0.5, 0.6) is 0 Å². The number of carbonyl (C=O) groups is 2. The van der Waals surface area contributed by atoms with E-state index in [-0.39, 0.29) is 12.8 Å². The van der Waals surface area contributed by atoms with E-state index in [2.05, 4.69) is 0 Å². The molecule has 112 valence electrons. The maximum absolute atomic E-state index is 11.5. The lowest BCUT2D eigenvalue weighted by atomic mass is 10.2. The minimum Gasteiger partial charge on any atom is -0.480 e. The van der Waals surface area contributed by atoms with Gasteiger partial charge in [-0.1, -0.05) is 0 Å². The number of hydrogen-bond donors (Lipinski definition) is 3. The Labute approximate surface area is 111 Å². The van der Waals surface area contributed by atoms with Crippen molar-refractivity contribution in [3.63, 3.8) is 0 Å². The summed E-state index contributed by atoms with van der Waals surface area (Å²) in [6, 6.07) is -1.52. The third-order valence-electron chi connectivity index (χ3n) is 2.02. The van der Waals surface area contributed by atoms with Crippen molar-refractivity contribution in [1.29, 1.82) is 0 Å². The number of primary amides is 1. The summed E-state index contributed by atoms with van der Waals surface area (Å²) in [5.74, 6) is -3.60. The molecule has 0 rings (SSSR count). The van der Waals surface area contributed by atoms with E-state index < -0.39 is 49.3 Å². The monoisotopic (exact) mass is 316 g/mol. The fourth-order valence-electron chi connectivity index (χ4n) is 1.06. The molecule has 0 aliphatic heterocycles. The van der Waals surface area contributed by atoms with E-state index in [0.717, 1.165) is 6.26 Å². The maximum atomic E-state index is 11.5. The molecule has 0 bridgehead atoms. The van der Waals surface area contributed by atoms with Gasteiger partial charge in [-0.05, 0) is 6.42 Å².